The van der Waals surface area contributed by atoms with E-state index in [2.05, 4.69) is 5.32 Å². The van der Waals surface area contributed by atoms with Crippen molar-refractivity contribution in [1.29, 1.82) is 0 Å². The van der Waals surface area contributed by atoms with Crippen molar-refractivity contribution in [3.8, 4) is 0 Å². The maximum absolute atomic E-state index is 12.1. The summed E-state index contributed by atoms with van der Waals surface area (Å²) < 4.78 is 31.1. The lowest BCUT2D eigenvalue weighted by Gasteiger charge is -2.28. The van der Waals surface area contributed by atoms with Crippen molar-refractivity contribution in [1.82, 2.24) is 5.32 Å². The minimum absolute atomic E-state index is 0.108. The number of benzene rings is 1. The summed E-state index contributed by atoms with van der Waals surface area (Å²) in [6.45, 7) is 1.79. The summed E-state index contributed by atoms with van der Waals surface area (Å²) in [5.74, 6) is 0.0323. The topological polar surface area (TPSA) is 75.7 Å². The normalized spacial score (nSPS) is 23.7. The summed E-state index contributed by atoms with van der Waals surface area (Å²) >= 11 is 0. The highest BCUT2D eigenvalue weighted by Crippen LogP contribution is 2.23. The fourth-order valence-corrected chi connectivity index (χ4v) is 4.61. The van der Waals surface area contributed by atoms with Crippen LogP contribution in [0.3, 0.4) is 0 Å². The number of anilines is 1. The minimum Gasteiger partial charge on any atom is -0.376 e. The van der Waals surface area contributed by atoms with E-state index in [9.17, 15) is 13.2 Å². The SMILES string of the molecule is O=C(NC[C@H]1CCCO1)c1ccc(N2CCCCS2(=O)=O)cc1. The first-order valence-electron chi connectivity index (χ1n) is 8.06. The Balaban J connectivity index is 1.63. The highest BCUT2D eigenvalue weighted by molar-refractivity contribution is 7.92. The van der Waals surface area contributed by atoms with E-state index in [1.54, 1.807) is 24.3 Å². The molecule has 2 fully saturated rings. The highest BCUT2D eigenvalue weighted by Gasteiger charge is 2.26. The van der Waals surface area contributed by atoms with E-state index in [1.165, 1.54) is 4.31 Å². The molecule has 0 bridgehead atoms. The molecule has 1 N–H and O–H groups in total. The Morgan fingerprint density at radius 2 is 2.00 bits per heavy atom. The Bertz CT molecular complexity index is 651. The Labute approximate surface area is 136 Å². The maximum Gasteiger partial charge on any atom is 0.251 e. The molecule has 7 heteroatoms. The van der Waals surface area contributed by atoms with E-state index >= 15 is 0 Å². The molecule has 0 aromatic heterocycles. The molecule has 1 atom stereocenters. The van der Waals surface area contributed by atoms with Gasteiger partial charge in [-0.25, -0.2) is 8.42 Å². The number of hydrogen-bond donors (Lipinski definition) is 1. The molecule has 23 heavy (non-hydrogen) atoms. The fourth-order valence-electron chi connectivity index (χ4n) is 2.97. The van der Waals surface area contributed by atoms with Gasteiger partial charge in [-0.15, -0.1) is 0 Å². The van der Waals surface area contributed by atoms with Gasteiger partial charge in [-0.05, 0) is 49.9 Å². The van der Waals surface area contributed by atoms with E-state index in [0.29, 0.717) is 30.8 Å². The number of carbonyl (C=O) groups excluding carboxylic acids is 1. The van der Waals surface area contributed by atoms with Crippen molar-refractivity contribution in [3.05, 3.63) is 29.8 Å². The quantitative estimate of drug-likeness (QED) is 0.903. The summed E-state index contributed by atoms with van der Waals surface area (Å²) in [5, 5.41) is 2.86. The van der Waals surface area contributed by atoms with Crippen LogP contribution in [0.5, 0.6) is 0 Å². The lowest BCUT2D eigenvalue weighted by Crippen LogP contribution is -2.37. The molecule has 2 aliphatic heterocycles. The van der Waals surface area contributed by atoms with Gasteiger partial charge in [0.2, 0.25) is 10.0 Å². The predicted molar refractivity (Wildman–Crippen MR) is 88.1 cm³/mol. The van der Waals surface area contributed by atoms with E-state index in [-0.39, 0.29) is 17.8 Å². The standard InChI is InChI=1S/C16H22N2O4S/c19-16(17-12-15-4-3-10-22-15)13-5-7-14(8-6-13)18-9-1-2-11-23(18,20)21/h5-8,15H,1-4,9-12H2,(H,17,19)/t15-/m1/s1. The van der Waals surface area contributed by atoms with Gasteiger partial charge < -0.3 is 10.1 Å². The summed E-state index contributed by atoms with van der Waals surface area (Å²) in [5.41, 5.74) is 1.15. The highest BCUT2D eigenvalue weighted by atomic mass is 32.2. The van der Waals surface area contributed by atoms with Gasteiger partial charge in [0, 0.05) is 25.3 Å². The predicted octanol–water partition coefficient (Wildman–Crippen LogP) is 1.53. The van der Waals surface area contributed by atoms with Crippen LogP contribution in [0.2, 0.25) is 0 Å². The van der Waals surface area contributed by atoms with Crippen molar-refractivity contribution >= 4 is 21.6 Å². The number of amides is 1. The molecule has 0 spiro atoms. The molecular formula is C16H22N2O4S. The number of carbonyl (C=O) groups is 1. The maximum atomic E-state index is 12.1. The number of rotatable bonds is 4. The van der Waals surface area contributed by atoms with Crippen LogP contribution in [0, 0.1) is 0 Å². The second-order valence-electron chi connectivity index (χ2n) is 5.99. The zero-order valence-corrected chi connectivity index (χ0v) is 13.8. The van der Waals surface area contributed by atoms with Crippen molar-refractivity contribution < 1.29 is 17.9 Å². The summed E-state index contributed by atoms with van der Waals surface area (Å²) in [6, 6.07) is 6.74. The molecular weight excluding hydrogens is 316 g/mol. The Morgan fingerprint density at radius 3 is 2.65 bits per heavy atom. The van der Waals surface area contributed by atoms with Crippen molar-refractivity contribution in [2.75, 3.05) is 29.8 Å². The van der Waals surface area contributed by atoms with Gasteiger partial charge in [-0.1, -0.05) is 0 Å². The third-order valence-electron chi connectivity index (χ3n) is 4.28. The van der Waals surface area contributed by atoms with Gasteiger partial charge >= 0.3 is 0 Å². The average molecular weight is 338 g/mol. The largest absolute Gasteiger partial charge is 0.376 e. The molecule has 1 amide bonds. The number of sulfonamides is 1. The number of ether oxygens (including phenoxy) is 1. The molecule has 2 heterocycles. The first-order chi connectivity index (χ1) is 11.1. The zero-order chi connectivity index (χ0) is 16.3. The zero-order valence-electron chi connectivity index (χ0n) is 13.0. The molecule has 126 valence electrons. The molecule has 0 radical (unpaired) electrons. The monoisotopic (exact) mass is 338 g/mol. The number of nitrogens with one attached hydrogen (secondary N) is 1. The van der Waals surface area contributed by atoms with Gasteiger partial charge in [0.25, 0.3) is 5.91 Å². The van der Waals surface area contributed by atoms with Crippen LogP contribution in [0.1, 0.15) is 36.0 Å². The van der Waals surface area contributed by atoms with Crippen LogP contribution in [0.4, 0.5) is 5.69 Å². The second kappa shape index (κ2) is 6.88. The molecule has 6 nitrogen and oxygen atoms in total. The minimum atomic E-state index is -3.21. The van der Waals surface area contributed by atoms with Crippen LogP contribution >= 0.6 is 0 Å². The lowest BCUT2D eigenvalue weighted by molar-refractivity contribution is 0.0858. The van der Waals surface area contributed by atoms with Gasteiger partial charge in [-0.2, -0.15) is 0 Å². The third-order valence-corrected chi connectivity index (χ3v) is 6.15. The first-order valence-corrected chi connectivity index (χ1v) is 9.67. The molecule has 0 aliphatic carbocycles. The van der Waals surface area contributed by atoms with Crippen LogP contribution in [0.15, 0.2) is 24.3 Å². The summed E-state index contributed by atoms with van der Waals surface area (Å²) in [7, 11) is -3.21. The number of hydrogen-bond acceptors (Lipinski definition) is 4. The van der Waals surface area contributed by atoms with E-state index in [1.807, 2.05) is 0 Å². The smallest absolute Gasteiger partial charge is 0.251 e. The van der Waals surface area contributed by atoms with E-state index in [0.717, 1.165) is 25.9 Å². The van der Waals surface area contributed by atoms with E-state index in [4.69, 9.17) is 4.74 Å². The van der Waals surface area contributed by atoms with Crippen LogP contribution in [0.25, 0.3) is 0 Å². The molecule has 1 aromatic carbocycles. The average Bonchev–Trinajstić information content (AvgIpc) is 3.06. The lowest BCUT2D eigenvalue weighted by atomic mass is 10.1. The molecule has 2 aliphatic rings. The molecule has 3 rings (SSSR count). The van der Waals surface area contributed by atoms with E-state index < -0.39 is 10.0 Å². The van der Waals surface area contributed by atoms with Gasteiger partial charge in [0.05, 0.1) is 17.5 Å². The van der Waals surface area contributed by atoms with Crippen molar-refractivity contribution in [3.63, 3.8) is 0 Å². The number of nitrogens with zero attached hydrogens (tertiary/aromatic N) is 1. The first kappa shape index (κ1) is 16.3. The van der Waals surface area contributed by atoms with Gasteiger partial charge in [0.1, 0.15) is 0 Å². The molecule has 1 aromatic rings. The van der Waals surface area contributed by atoms with Crippen LogP contribution in [-0.4, -0.2) is 45.9 Å². The van der Waals surface area contributed by atoms with Crippen LogP contribution < -0.4 is 9.62 Å². The van der Waals surface area contributed by atoms with Crippen LogP contribution in [-0.2, 0) is 14.8 Å². The van der Waals surface area contributed by atoms with Gasteiger partial charge in [0.15, 0.2) is 0 Å². The molecule has 2 saturated heterocycles. The summed E-state index contributed by atoms with van der Waals surface area (Å²) in [6.07, 6.45) is 3.70. The Hall–Kier alpha value is -1.60. The van der Waals surface area contributed by atoms with Gasteiger partial charge in [-0.3, -0.25) is 9.10 Å². The second-order valence-corrected chi connectivity index (χ2v) is 8.00. The molecule has 0 saturated carbocycles. The van der Waals surface area contributed by atoms with Crippen molar-refractivity contribution in [2.24, 2.45) is 0 Å². The Morgan fingerprint density at radius 1 is 1.22 bits per heavy atom. The van der Waals surface area contributed by atoms with Crippen molar-refractivity contribution in [2.45, 2.75) is 31.8 Å². The molecule has 0 unspecified atom stereocenters. The fraction of sp³-hybridized carbons (Fsp3) is 0.562. The Kier molecular flexibility index (Phi) is 4.87. The third kappa shape index (κ3) is 3.84. The summed E-state index contributed by atoms with van der Waals surface area (Å²) in [4.78, 5) is 12.1.